The Morgan fingerprint density at radius 2 is 2.00 bits per heavy atom. The number of hydrogen-bond donors (Lipinski definition) is 1. The van der Waals surface area contributed by atoms with Gasteiger partial charge in [0.25, 0.3) is 0 Å². The molecular weight excluding hydrogens is 228 g/mol. The van der Waals surface area contributed by atoms with Gasteiger partial charge in [-0.3, -0.25) is 14.5 Å². The minimum Gasteiger partial charge on any atom is -0.312 e. The molecule has 0 saturated carbocycles. The van der Waals surface area contributed by atoms with E-state index in [0.29, 0.717) is 13.0 Å². The fourth-order valence-corrected chi connectivity index (χ4v) is 2.19. The van der Waals surface area contributed by atoms with Gasteiger partial charge in [0.05, 0.1) is 0 Å². The number of amides is 2. The first-order chi connectivity index (χ1) is 8.27. The largest absolute Gasteiger partial charge is 0.312 e. The van der Waals surface area contributed by atoms with E-state index in [0.717, 1.165) is 13.0 Å². The van der Waals surface area contributed by atoms with Crippen LogP contribution in [0.3, 0.4) is 0 Å². The summed E-state index contributed by atoms with van der Waals surface area (Å²) in [5.74, 6) is -0.197. The highest BCUT2D eigenvalue weighted by molar-refractivity contribution is 6.03. The molecule has 4 heteroatoms. The Morgan fingerprint density at radius 1 is 1.39 bits per heavy atom. The lowest BCUT2D eigenvalue weighted by Gasteiger charge is -2.34. The fourth-order valence-electron chi connectivity index (χ4n) is 2.19. The van der Waals surface area contributed by atoms with Crippen LogP contribution in [-0.2, 0) is 9.59 Å². The SMILES string of the molecule is CCCNC(CN1C(=O)CC(C)C1=O)C(C)(C)C. The lowest BCUT2D eigenvalue weighted by Crippen LogP contribution is -2.50. The van der Waals surface area contributed by atoms with Gasteiger partial charge < -0.3 is 5.32 Å². The maximum Gasteiger partial charge on any atom is 0.232 e. The molecule has 0 aromatic carbocycles. The molecular formula is C14H26N2O2. The molecule has 2 amide bonds. The molecule has 2 unspecified atom stereocenters. The summed E-state index contributed by atoms with van der Waals surface area (Å²) in [5.41, 5.74) is 0.0293. The van der Waals surface area contributed by atoms with Gasteiger partial charge in [0, 0.05) is 24.9 Å². The van der Waals surface area contributed by atoms with Crippen LogP contribution in [0.5, 0.6) is 0 Å². The number of imide groups is 1. The third kappa shape index (κ3) is 3.55. The predicted octanol–water partition coefficient (Wildman–Crippen LogP) is 1.80. The quantitative estimate of drug-likeness (QED) is 0.761. The van der Waals surface area contributed by atoms with Crippen LogP contribution in [0, 0.1) is 11.3 Å². The Labute approximate surface area is 110 Å². The molecule has 4 nitrogen and oxygen atoms in total. The Morgan fingerprint density at radius 3 is 2.39 bits per heavy atom. The second kappa shape index (κ2) is 5.83. The molecule has 0 aromatic heterocycles. The van der Waals surface area contributed by atoms with Crippen LogP contribution in [0.2, 0.25) is 0 Å². The highest BCUT2D eigenvalue weighted by atomic mass is 16.2. The number of nitrogens with one attached hydrogen (secondary N) is 1. The standard InChI is InChI=1S/C14H26N2O2/c1-6-7-15-11(14(3,4)5)9-16-12(17)8-10(2)13(16)18/h10-11,15H,6-9H2,1-5H3. The van der Waals surface area contributed by atoms with E-state index in [-0.39, 0.29) is 29.2 Å². The molecule has 1 fully saturated rings. The van der Waals surface area contributed by atoms with Gasteiger partial charge in [-0.15, -0.1) is 0 Å². The topological polar surface area (TPSA) is 49.4 Å². The van der Waals surface area contributed by atoms with Gasteiger partial charge in [-0.2, -0.15) is 0 Å². The molecule has 0 aromatic rings. The highest BCUT2D eigenvalue weighted by Crippen LogP contribution is 2.24. The molecule has 0 spiro atoms. The Kier molecular flexibility index (Phi) is 4.91. The molecule has 0 aliphatic carbocycles. The van der Waals surface area contributed by atoms with E-state index in [4.69, 9.17) is 0 Å². The average molecular weight is 254 g/mol. The zero-order chi connectivity index (χ0) is 13.9. The summed E-state index contributed by atoms with van der Waals surface area (Å²) in [6.45, 7) is 11.7. The Balaban J connectivity index is 2.71. The minimum atomic E-state index is -0.149. The molecule has 0 bridgehead atoms. The van der Waals surface area contributed by atoms with Crippen molar-refractivity contribution in [2.75, 3.05) is 13.1 Å². The van der Waals surface area contributed by atoms with Crippen LogP contribution in [0.4, 0.5) is 0 Å². The first-order valence-electron chi connectivity index (χ1n) is 6.85. The van der Waals surface area contributed by atoms with Crippen molar-refractivity contribution in [2.45, 2.75) is 53.5 Å². The third-order valence-corrected chi connectivity index (χ3v) is 3.52. The summed E-state index contributed by atoms with van der Waals surface area (Å²) in [7, 11) is 0. The molecule has 2 atom stereocenters. The molecule has 1 rings (SSSR count). The van der Waals surface area contributed by atoms with Crippen molar-refractivity contribution in [2.24, 2.45) is 11.3 Å². The normalized spacial score (nSPS) is 22.7. The average Bonchev–Trinajstić information content (AvgIpc) is 2.48. The van der Waals surface area contributed by atoms with Crippen molar-refractivity contribution in [3.63, 3.8) is 0 Å². The van der Waals surface area contributed by atoms with Gasteiger partial charge in [0.1, 0.15) is 0 Å². The van der Waals surface area contributed by atoms with Crippen molar-refractivity contribution in [1.29, 1.82) is 0 Å². The maximum absolute atomic E-state index is 11.9. The maximum atomic E-state index is 11.9. The van der Waals surface area contributed by atoms with Crippen LogP contribution in [0.25, 0.3) is 0 Å². The van der Waals surface area contributed by atoms with Crippen LogP contribution in [0.15, 0.2) is 0 Å². The summed E-state index contributed by atoms with van der Waals surface area (Å²) >= 11 is 0. The van der Waals surface area contributed by atoms with E-state index in [1.807, 2.05) is 6.92 Å². The first kappa shape index (κ1) is 15.2. The van der Waals surface area contributed by atoms with Crippen LogP contribution in [0.1, 0.15) is 47.5 Å². The molecule has 1 aliphatic rings. The van der Waals surface area contributed by atoms with Crippen molar-refractivity contribution in [1.82, 2.24) is 10.2 Å². The van der Waals surface area contributed by atoms with E-state index < -0.39 is 0 Å². The summed E-state index contributed by atoms with van der Waals surface area (Å²) < 4.78 is 0. The summed E-state index contributed by atoms with van der Waals surface area (Å²) in [6.07, 6.45) is 1.41. The van der Waals surface area contributed by atoms with Gasteiger partial charge in [-0.25, -0.2) is 0 Å². The number of likely N-dealkylation sites (tertiary alicyclic amines) is 1. The van der Waals surface area contributed by atoms with E-state index >= 15 is 0 Å². The zero-order valence-corrected chi connectivity index (χ0v) is 12.2. The molecule has 1 heterocycles. The molecule has 104 valence electrons. The van der Waals surface area contributed by atoms with Crippen molar-refractivity contribution in [3.8, 4) is 0 Å². The predicted molar refractivity (Wildman–Crippen MR) is 72.0 cm³/mol. The molecule has 18 heavy (non-hydrogen) atoms. The van der Waals surface area contributed by atoms with Gasteiger partial charge in [0.15, 0.2) is 0 Å². The van der Waals surface area contributed by atoms with Crippen molar-refractivity contribution < 1.29 is 9.59 Å². The summed E-state index contributed by atoms with van der Waals surface area (Å²) in [5, 5.41) is 3.45. The first-order valence-corrected chi connectivity index (χ1v) is 6.85. The van der Waals surface area contributed by atoms with E-state index in [9.17, 15) is 9.59 Å². The number of nitrogens with zero attached hydrogens (tertiary/aromatic N) is 1. The van der Waals surface area contributed by atoms with Crippen molar-refractivity contribution >= 4 is 11.8 Å². The molecule has 1 N–H and O–H groups in total. The van der Waals surface area contributed by atoms with E-state index in [2.05, 4.69) is 33.0 Å². The molecule has 1 saturated heterocycles. The summed E-state index contributed by atoms with van der Waals surface area (Å²) in [4.78, 5) is 25.2. The van der Waals surface area contributed by atoms with Gasteiger partial charge >= 0.3 is 0 Å². The van der Waals surface area contributed by atoms with Gasteiger partial charge in [0.2, 0.25) is 11.8 Å². The Bertz CT molecular complexity index is 320. The van der Waals surface area contributed by atoms with Crippen LogP contribution >= 0.6 is 0 Å². The van der Waals surface area contributed by atoms with Crippen LogP contribution in [-0.4, -0.2) is 35.8 Å². The highest BCUT2D eigenvalue weighted by Gasteiger charge is 2.38. The monoisotopic (exact) mass is 254 g/mol. The number of carbonyl (C=O) groups excluding carboxylic acids is 2. The summed E-state index contributed by atoms with van der Waals surface area (Å²) in [6, 6.07) is 0.149. The van der Waals surface area contributed by atoms with Gasteiger partial charge in [-0.1, -0.05) is 34.6 Å². The number of carbonyl (C=O) groups is 2. The second-order valence-electron chi connectivity index (χ2n) is 6.32. The third-order valence-electron chi connectivity index (χ3n) is 3.52. The van der Waals surface area contributed by atoms with Gasteiger partial charge in [-0.05, 0) is 18.4 Å². The second-order valence-corrected chi connectivity index (χ2v) is 6.32. The Hall–Kier alpha value is -0.900. The van der Waals surface area contributed by atoms with Crippen LogP contribution < -0.4 is 5.32 Å². The lowest BCUT2D eigenvalue weighted by molar-refractivity contribution is -0.140. The molecule has 1 aliphatic heterocycles. The number of rotatable bonds is 5. The molecule has 0 radical (unpaired) electrons. The smallest absolute Gasteiger partial charge is 0.232 e. The van der Waals surface area contributed by atoms with Crippen molar-refractivity contribution in [3.05, 3.63) is 0 Å². The fraction of sp³-hybridized carbons (Fsp3) is 0.857. The van der Waals surface area contributed by atoms with E-state index in [1.165, 1.54) is 4.90 Å². The zero-order valence-electron chi connectivity index (χ0n) is 12.2. The van der Waals surface area contributed by atoms with E-state index in [1.54, 1.807) is 0 Å². The minimum absolute atomic E-state index is 0.0208. The number of hydrogen-bond acceptors (Lipinski definition) is 3. The lowest BCUT2D eigenvalue weighted by atomic mass is 9.86.